The molecule has 0 aliphatic heterocycles. The number of nitriles is 1. The van der Waals surface area contributed by atoms with Gasteiger partial charge in [0.25, 0.3) is 0 Å². The van der Waals surface area contributed by atoms with Crippen molar-refractivity contribution in [3.63, 3.8) is 0 Å². The Balaban J connectivity index is 0.00000208. The summed E-state index contributed by atoms with van der Waals surface area (Å²) in [5, 5.41) is 10.1. The number of aromatic nitrogens is 1. The number of pyridine rings is 1. The van der Waals surface area contributed by atoms with Crippen molar-refractivity contribution in [3.8, 4) is 6.07 Å². The van der Waals surface area contributed by atoms with E-state index in [0.717, 1.165) is 22.5 Å². The molecule has 0 N–H and O–H groups in total. The summed E-state index contributed by atoms with van der Waals surface area (Å²) in [4.78, 5) is 4.61. The minimum Gasteiger partial charge on any atom is -0.258 e. The van der Waals surface area contributed by atoms with Gasteiger partial charge in [0.2, 0.25) is 0 Å². The van der Waals surface area contributed by atoms with Gasteiger partial charge in [0.15, 0.2) is 0 Å². The first-order chi connectivity index (χ1) is 11.2. The van der Waals surface area contributed by atoms with Crippen molar-refractivity contribution in [1.82, 2.24) is 4.98 Å². The quantitative estimate of drug-likeness (QED) is 0.683. The normalized spacial score (nSPS) is 10.5. The van der Waals surface area contributed by atoms with Crippen LogP contribution in [0.2, 0.25) is 0 Å². The molecule has 2 aromatic carbocycles. The third-order valence-electron chi connectivity index (χ3n) is 4.12. The number of rotatable bonds is 4. The van der Waals surface area contributed by atoms with E-state index in [9.17, 15) is 5.26 Å². The minimum absolute atomic E-state index is 0. The summed E-state index contributed by atoms with van der Waals surface area (Å²) in [6.45, 7) is 1.97. The number of aryl methyl sites for hydroxylation is 1. The van der Waals surface area contributed by atoms with Crippen molar-refractivity contribution in [3.05, 3.63) is 101 Å². The third kappa shape index (κ3) is 3.48. The van der Waals surface area contributed by atoms with E-state index in [1.54, 1.807) is 0 Å². The molecule has 0 radical (unpaired) electrons. The van der Waals surface area contributed by atoms with Crippen LogP contribution in [0.5, 0.6) is 0 Å². The van der Waals surface area contributed by atoms with Gasteiger partial charge in [0.05, 0.1) is 6.07 Å². The fourth-order valence-corrected chi connectivity index (χ4v) is 2.95. The molecule has 2 nitrogen and oxygen atoms in total. The Morgan fingerprint density at radius 1 is 0.833 bits per heavy atom. The van der Waals surface area contributed by atoms with Crippen LogP contribution >= 0.6 is 12.4 Å². The Morgan fingerprint density at radius 2 is 1.38 bits per heavy atom. The highest BCUT2D eigenvalue weighted by atomic mass is 35.5. The molecule has 3 heteroatoms. The zero-order chi connectivity index (χ0) is 16.1. The van der Waals surface area contributed by atoms with Crippen LogP contribution in [0.15, 0.2) is 78.9 Å². The van der Waals surface area contributed by atoms with Crippen LogP contribution in [0.1, 0.15) is 22.5 Å². The van der Waals surface area contributed by atoms with Crippen molar-refractivity contribution < 1.29 is 0 Å². The van der Waals surface area contributed by atoms with Crippen molar-refractivity contribution in [2.24, 2.45) is 0 Å². The van der Waals surface area contributed by atoms with E-state index in [4.69, 9.17) is 0 Å². The Morgan fingerprint density at radius 3 is 1.83 bits per heavy atom. The van der Waals surface area contributed by atoms with E-state index in [1.165, 1.54) is 0 Å². The minimum atomic E-state index is -0.733. The summed E-state index contributed by atoms with van der Waals surface area (Å²) < 4.78 is 0. The van der Waals surface area contributed by atoms with Crippen LogP contribution in [0.3, 0.4) is 0 Å². The molecule has 0 unspecified atom stereocenters. The van der Waals surface area contributed by atoms with E-state index in [0.29, 0.717) is 6.42 Å². The van der Waals surface area contributed by atoms with Crippen molar-refractivity contribution in [2.45, 2.75) is 18.8 Å². The summed E-state index contributed by atoms with van der Waals surface area (Å²) in [6.07, 6.45) is 0.555. The monoisotopic (exact) mass is 334 g/mol. The predicted molar refractivity (Wildman–Crippen MR) is 99.2 cm³/mol. The Hall–Kier alpha value is -2.63. The fourth-order valence-electron chi connectivity index (χ4n) is 2.95. The first kappa shape index (κ1) is 17.7. The van der Waals surface area contributed by atoms with Crippen LogP contribution < -0.4 is 0 Å². The number of nitrogens with zero attached hydrogens (tertiary/aromatic N) is 2. The van der Waals surface area contributed by atoms with Gasteiger partial charge >= 0.3 is 0 Å². The lowest BCUT2D eigenvalue weighted by molar-refractivity contribution is 0.640. The topological polar surface area (TPSA) is 36.7 Å². The Kier molecular flexibility index (Phi) is 5.73. The van der Waals surface area contributed by atoms with E-state index < -0.39 is 5.41 Å². The largest absolute Gasteiger partial charge is 0.258 e. The van der Waals surface area contributed by atoms with E-state index in [2.05, 4.69) is 11.1 Å². The van der Waals surface area contributed by atoms with Crippen LogP contribution in [0.4, 0.5) is 0 Å². The summed E-state index contributed by atoms with van der Waals surface area (Å²) in [6, 6.07) is 28.5. The van der Waals surface area contributed by atoms with Crippen molar-refractivity contribution in [2.75, 3.05) is 0 Å². The highest BCUT2D eigenvalue weighted by Crippen LogP contribution is 2.35. The maximum atomic E-state index is 10.1. The molecule has 0 aliphatic rings. The molecular weight excluding hydrogens is 316 g/mol. The van der Waals surface area contributed by atoms with Crippen LogP contribution in [0, 0.1) is 18.3 Å². The second-order valence-electron chi connectivity index (χ2n) is 5.70. The van der Waals surface area contributed by atoms with Gasteiger partial charge in [-0.2, -0.15) is 5.26 Å². The van der Waals surface area contributed by atoms with Gasteiger partial charge < -0.3 is 0 Å². The maximum absolute atomic E-state index is 10.1. The van der Waals surface area contributed by atoms with Gasteiger partial charge in [0, 0.05) is 17.8 Å². The number of halogens is 1. The van der Waals surface area contributed by atoms with E-state index in [-0.39, 0.29) is 12.4 Å². The Bertz CT molecular complexity index is 784. The Labute approximate surface area is 149 Å². The number of benzene rings is 2. The molecule has 24 heavy (non-hydrogen) atoms. The molecule has 0 amide bonds. The highest BCUT2D eigenvalue weighted by Gasteiger charge is 2.35. The average Bonchev–Trinajstić information content (AvgIpc) is 2.61. The lowest BCUT2D eigenvalue weighted by atomic mass is 9.72. The van der Waals surface area contributed by atoms with Gasteiger partial charge in [-0.3, -0.25) is 4.98 Å². The van der Waals surface area contributed by atoms with Gasteiger partial charge in [0.1, 0.15) is 5.41 Å². The predicted octanol–water partition coefficient (Wildman–Crippen LogP) is 4.86. The highest BCUT2D eigenvalue weighted by molar-refractivity contribution is 5.85. The lowest BCUT2D eigenvalue weighted by Crippen LogP contribution is -2.29. The summed E-state index contributed by atoms with van der Waals surface area (Å²) >= 11 is 0. The second kappa shape index (κ2) is 7.77. The molecule has 0 fully saturated rings. The molecular formula is C21H19ClN2. The first-order valence-electron chi connectivity index (χ1n) is 7.69. The van der Waals surface area contributed by atoms with Gasteiger partial charge in [-0.15, -0.1) is 12.4 Å². The van der Waals surface area contributed by atoms with E-state index >= 15 is 0 Å². The molecule has 0 aliphatic carbocycles. The van der Waals surface area contributed by atoms with Crippen LogP contribution in [-0.2, 0) is 11.8 Å². The SMILES string of the molecule is Cc1cccc(CC(C#N)(c2ccccc2)c2ccccc2)n1.Cl. The standard InChI is InChI=1S/C21H18N2.ClH/c1-17-9-8-14-20(23-17)15-21(16-22,18-10-4-2-5-11-18)19-12-6-3-7-13-19;/h2-14H,15H2,1H3;1H. The molecule has 1 aromatic heterocycles. The summed E-state index contributed by atoms with van der Waals surface area (Å²) in [5.41, 5.74) is 3.16. The first-order valence-corrected chi connectivity index (χ1v) is 7.69. The van der Waals surface area contributed by atoms with Gasteiger partial charge in [-0.1, -0.05) is 66.7 Å². The molecule has 3 aromatic rings. The molecule has 0 saturated heterocycles. The van der Waals surface area contributed by atoms with Crippen molar-refractivity contribution in [1.29, 1.82) is 5.26 Å². The molecule has 3 rings (SSSR count). The summed E-state index contributed by atoms with van der Waals surface area (Å²) in [5.74, 6) is 0. The molecule has 0 bridgehead atoms. The zero-order valence-electron chi connectivity index (χ0n) is 13.5. The van der Waals surface area contributed by atoms with Gasteiger partial charge in [-0.05, 0) is 30.2 Å². The fraction of sp³-hybridized carbons (Fsp3) is 0.143. The maximum Gasteiger partial charge on any atom is 0.113 e. The zero-order valence-corrected chi connectivity index (χ0v) is 14.3. The second-order valence-corrected chi connectivity index (χ2v) is 5.70. The third-order valence-corrected chi connectivity index (χ3v) is 4.12. The lowest BCUT2D eigenvalue weighted by Gasteiger charge is -2.27. The molecule has 1 heterocycles. The molecule has 120 valence electrons. The average molecular weight is 335 g/mol. The molecule has 0 spiro atoms. The number of hydrogen-bond acceptors (Lipinski definition) is 2. The molecule has 0 saturated carbocycles. The number of hydrogen-bond donors (Lipinski definition) is 0. The smallest absolute Gasteiger partial charge is 0.113 e. The van der Waals surface area contributed by atoms with Crippen LogP contribution in [-0.4, -0.2) is 4.98 Å². The summed E-state index contributed by atoms with van der Waals surface area (Å²) in [7, 11) is 0. The van der Waals surface area contributed by atoms with Crippen LogP contribution in [0.25, 0.3) is 0 Å². The van der Waals surface area contributed by atoms with E-state index in [1.807, 2.05) is 85.8 Å². The molecule has 0 atom stereocenters. The van der Waals surface area contributed by atoms with Crippen molar-refractivity contribution >= 4 is 12.4 Å². The van der Waals surface area contributed by atoms with Gasteiger partial charge in [-0.25, -0.2) is 0 Å².